The van der Waals surface area contributed by atoms with E-state index in [1.165, 1.54) is 0 Å². The Hall–Kier alpha value is 0.135. The average Bonchev–Trinajstić information content (AvgIpc) is 0.722. The molecule has 0 atom stereocenters. The van der Waals surface area contributed by atoms with Gasteiger partial charge in [-0.1, -0.05) is 15.5 Å². The maximum Gasteiger partial charge on any atom is 0.379 e. The lowest BCUT2D eigenvalue weighted by Gasteiger charge is -1.87. The summed E-state index contributed by atoms with van der Waals surface area (Å²) in [4.78, 5) is 0. The zero-order valence-electron chi connectivity index (χ0n) is 1.92. The molecule has 0 aliphatic carbocycles. The van der Waals surface area contributed by atoms with Crippen LogP contribution in [0.3, 0.4) is 0 Å². The zero-order chi connectivity index (χ0) is 4.50. The molecule has 0 aliphatic heterocycles. The molecule has 0 radical (unpaired) electrons. The molecule has 0 unspecified atom stereocenters. The van der Waals surface area contributed by atoms with Crippen molar-refractivity contribution in [2.45, 2.75) is 0 Å². The molecule has 0 aliphatic rings. The molecule has 0 saturated heterocycles. The van der Waals surface area contributed by atoms with E-state index in [2.05, 4.69) is 0 Å². The smallest absolute Gasteiger partial charge is 0.0947 e. The molecule has 0 heterocycles. The van der Waals surface area contributed by atoms with Crippen LogP contribution in [0.25, 0.3) is 0 Å². The van der Waals surface area contributed by atoms with Gasteiger partial charge in [0.25, 0.3) is 0 Å². The fourth-order valence-electron chi connectivity index (χ4n) is 0. The van der Waals surface area contributed by atoms with E-state index in [0.29, 0.717) is 0 Å². The van der Waals surface area contributed by atoms with E-state index in [0.717, 1.165) is 0 Å². The van der Waals surface area contributed by atoms with Gasteiger partial charge in [0.05, 0.1) is 8.41 Å². The minimum absolute atomic E-state index is 0. The molecule has 0 bridgehead atoms. The van der Waals surface area contributed by atoms with Crippen molar-refractivity contribution in [3.8, 4) is 0 Å². The van der Waals surface area contributed by atoms with Crippen LogP contribution in [0.1, 0.15) is 0 Å². The predicted octanol–water partition coefficient (Wildman–Crippen LogP) is 1.15. The minimum atomic E-state index is -6.17. The van der Waals surface area contributed by atoms with E-state index < -0.39 is 11.6 Å². The Morgan fingerprint density at radius 1 is 0.833 bits per heavy atom. The maximum atomic E-state index is 9.77. The van der Waals surface area contributed by atoms with Crippen molar-refractivity contribution in [3.63, 3.8) is 0 Å². The van der Waals surface area contributed by atoms with Crippen LogP contribution in [-0.2, 0) is 0 Å². The van der Waals surface area contributed by atoms with Gasteiger partial charge < -0.3 is 0 Å². The summed E-state index contributed by atoms with van der Waals surface area (Å²) in [5, 5.41) is 0. The Bertz CT molecular complexity index is 23.0. The summed E-state index contributed by atoms with van der Waals surface area (Å²) >= 11 is -6.17. The lowest BCUT2D eigenvalue weighted by molar-refractivity contribution is 0.543. The first-order valence-electron chi connectivity index (χ1n) is 0.617. The Morgan fingerprint density at radius 2 is 0.833 bits per heavy atom. The van der Waals surface area contributed by atoms with Gasteiger partial charge in [0, 0.05) is 0 Å². The standard InChI is InChI=1S/BH3.F4S/c;1-5(2,3)4/h1H3;. The van der Waals surface area contributed by atoms with Gasteiger partial charge in [-0.25, -0.2) is 0 Å². The van der Waals surface area contributed by atoms with Crippen LogP contribution >= 0.6 is 11.6 Å². The summed E-state index contributed by atoms with van der Waals surface area (Å²) in [5.74, 6) is 0. The van der Waals surface area contributed by atoms with Gasteiger partial charge in [-0.3, -0.25) is 0 Å². The van der Waals surface area contributed by atoms with Crippen molar-refractivity contribution in [2.75, 3.05) is 0 Å². The highest BCUT2D eigenvalue weighted by molar-refractivity contribution is 8.16. The second-order valence-electron chi connectivity index (χ2n) is 0.350. The van der Waals surface area contributed by atoms with Crippen LogP contribution in [-0.4, -0.2) is 8.41 Å². The monoisotopic (exact) mass is 122 g/mol. The van der Waals surface area contributed by atoms with Crippen LogP contribution in [0.2, 0.25) is 0 Å². The van der Waals surface area contributed by atoms with Crippen molar-refractivity contribution in [2.24, 2.45) is 0 Å². The van der Waals surface area contributed by atoms with Gasteiger partial charge in [-0.2, -0.15) is 0 Å². The molecule has 0 nitrogen and oxygen atoms in total. The molecule has 0 aromatic rings. The molecular formula is H3BF4S. The Balaban J connectivity index is 0. The normalized spacial score (nSPS) is 12.7. The summed E-state index contributed by atoms with van der Waals surface area (Å²) in [6.07, 6.45) is 0. The van der Waals surface area contributed by atoms with E-state index in [1.807, 2.05) is 0 Å². The Labute approximate surface area is 36.6 Å². The second kappa shape index (κ2) is 2.33. The maximum absolute atomic E-state index is 9.77. The molecule has 6 heteroatoms. The molecule has 0 N–H and O–H groups in total. The van der Waals surface area contributed by atoms with Crippen LogP contribution in [0.15, 0.2) is 0 Å². The van der Waals surface area contributed by atoms with E-state index in [4.69, 9.17) is 0 Å². The third-order valence-electron chi connectivity index (χ3n) is 0. The first-order valence-corrected chi connectivity index (χ1v) is 1.85. The van der Waals surface area contributed by atoms with Gasteiger partial charge in [-0.15, -0.1) is 0 Å². The first kappa shape index (κ1) is 9.46. The average molecular weight is 122 g/mol. The molecule has 0 rings (SSSR count). The SMILES string of the molecule is B.FS(F)(F)F. The van der Waals surface area contributed by atoms with Crippen LogP contribution in [0.4, 0.5) is 15.5 Å². The summed E-state index contributed by atoms with van der Waals surface area (Å²) in [6, 6.07) is 0. The van der Waals surface area contributed by atoms with Gasteiger partial charge in [0.15, 0.2) is 0 Å². The number of hydrogen-bond donors (Lipinski definition) is 0. The van der Waals surface area contributed by atoms with Gasteiger partial charge in [0.2, 0.25) is 0 Å². The number of rotatable bonds is 0. The fraction of sp³-hybridized carbons (Fsp3) is 0. The summed E-state index contributed by atoms with van der Waals surface area (Å²) in [5.41, 5.74) is 0. The van der Waals surface area contributed by atoms with E-state index in [-0.39, 0.29) is 8.41 Å². The highest BCUT2D eigenvalue weighted by atomic mass is 32.4. The van der Waals surface area contributed by atoms with Crippen molar-refractivity contribution >= 4 is 20.0 Å². The first-order chi connectivity index (χ1) is 2.00. The summed E-state index contributed by atoms with van der Waals surface area (Å²) in [7, 11) is 0. The molecule has 0 spiro atoms. The molecule has 0 amide bonds. The van der Waals surface area contributed by atoms with Crippen LogP contribution < -0.4 is 0 Å². The van der Waals surface area contributed by atoms with E-state index in [9.17, 15) is 15.5 Å². The molecule has 40 valence electrons. The highest BCUT2D eigenvalue weighted by Gasteiger charge is 2.16. The molecule has 0 saturated carbocycles. The predicted molar refractivity (Wildman–Crippen MR) is 22.0 cm³/mol. The Kier molecular flexibility index (Phi) is 3.68. The third kappa shape index (κ3) is 2230. The van der Waals surface area contributed by atoms with Crippen molar-refractivity contribution in [1.82, 2.24) is 0 Å². The second-order valence-corrected chi connectivity index (χ2v) is 1.05. The molecule has 0 fully saturated rings. The Morgan fingerprint density at radius 3 is 0.833 bits per heavy atom. The molecular weight excluding hydrogens is 119 g/mol. The largest absolute Gasteiger partial charge is 0.379 e. The zero-order valence-corrected chi connectivity index (χ0v) is 2.74. The molecule has 0 aromatic heterocycles. The van der Waals surface area contributed by atoms with Crippen LogP contribution in [0.5, 0.6) is 0 Å². The minimum Gasteiger partial charge on any atom is -0.0947 e. The van der Waals surface area contributed by atoms with Crippen molar-refractivity contribution < 1.29 is 15.5 Å². The molecule has 0 aromatic carbocycles. The van der Waals surface area contributed by atoms with Gasteiger partial charge in [0.1, 0.15) is 0 Å². The number of hydrogen-bond acceptors (Lipinski definition) is 0. The quantitative estimate of drug-likeness (QED) is 0.333. The van der Waals surface area contributed by atoms with E-state index in [1.54, 1.807) is 0 Å². The lowest BCUT2D eigenvalue weighted by Crippen LogP contribution is -1.47. The fourth-order valence-corrected chi connectivity index (χ4v) is 0. The number of halogens is 4. The lowest BCUT2D eigenvalue weighted by atomic mass is 10.8. The van der Waals surface area contributed by atoms with Crippen LogP contribution in [0, 0.1) is 0 Å². The topological polar surface area (TPSA) is 0 Å². The third-order valence-corrected chi connectivity index (χ3v) is 0. The summed E-state index contributed by atoms with van der Waals surface area (Å²) < 4.78 is 39.1. The summed E-state index contributed by atoms with van der Waals surface area (Å²) in [6.45, 7) is 0. The van der Waals surface area contributed by atoms with Crippen molar-refractivity contribution in [1.29, 1.82) is 0 Å². The van der Waals surface area contributed by atoms with E-state index >= 15 is 0 Å². The molecule has 6 heavy (non-hydrogen) atoms. The van der Waals surface area contributed by atoms with Gasteiger partial charge in [-0.05, 0) is 0 Å². The highest BCUT2D eigenvalue weighted by Crippen LogP contribution is 2.54. The van der Waals surface area contributed by atoms with Gasteiger partial charge >= 0.3 is 11.6 Å². The van der Waals surface area contributed by atoms with Crippen molar-refractivity contribution in [3.05, 3.63) is 0 Å².